The normalized spacial score (nSPS) is 19.7. The van der Waals surface area contributed by atoms with Gasteiger partial charge in [-0.25, -0.2) is 4.79 Å². The highest BCUT2D eigenvalue weighted by Gasteiger charge is 2.54. The summed E-state index contributed by atoms with van der Waals surface area (Å²) in [4.78, 5) is 51.5. The highest BCUT2D eigenvalue weighted by Crippen LogP contribution is 2.46. The predicted molar refractivity (Wildman–Crippen MR) is 137 cm³/mol. The fraction of sp³-hybridized carbons (Fsp3) is 0.182. The predicted octanol–water partition coefficient (Wildman–Crippen LogP) is 4.01. The van der Waals surface area contributed by atoms with Crippen LogP contribution in [0.1, 0.15) is 5.56 Å². The molecule has 2 aliphatic heterocycles. The molecule has 0 aliphatic carbocycles. The van der Waals surface area contributed by atoms with Crippen LogP contribution in [0.15, 0.2) is 62.1 Å². The van der Waals surface area contributed by atoms with E-state index < -0.39 is 23.3 Å². The number of aliphatic carboxylic acids is 1. The van der Waals surface area contributed by atoms with Gasteiger partial charge in [0.05, 0.1) is 24.4 Å². The van der Waals surface area contributed by atoms with Crippen molar-refractivity contribution in [3.05, 3.63) is 73.2 Å². The van der Waals surface area contributed by atoms with Crippen LogP contribution in [0, 0.1) is 0 Å². The van der Waals surface area contributed by atoms with Crippen LogP contribution in [0.5, 0.6) is 0 Å². The third-order valence-electron chi connectivity index (χ3n) is 5.26. The Morgan fingerprint density at radius 2 is 1.94 bits per heavy atom. The molecule has 2 aliphatic rings. The number of carbonyl (C=O) groups excluding carboxylic acids is 2. The molecule has 7 nitrogen and oxygen atoms in total. The van der Waals surface area contributed by atoms with Crippen LogP contribution < -0.4 is 10.7 Å². The minimum Gasteiger partial charge on any atom is -0.477 e. The van der Waals surface area contributed by atoms with Gasteiger partial charge < -0.3 is 10.4 Å². The molecule has 4 heterocycles. The van der Waals surface area contributed by atoms with Gasteiger partial charge in [0.1, 0.15) is 17.1 Å². The van der Waals surface area contributed by atoms with Crippen LogP contribution in [-0.2, 0) is 20.8 Å². The molecule has 2 atom stereocenters. The number of hydrogen-bond donors (Lipinski definition) is 2. The molecule has 174 valence electrons. The van der Waals surface area contributed by atoms with Gasteiger partial charge in [0.25, 0.3) is 5.91 Å². The van der Waals surface area contributed by atoms with E-state index in [4.69, 9.17) is 11.6 Å². The van der Waals surface area contributed by atoms with Crippen molar-refractivity contribution in [1.82, 2.24) is 10.2 Å². The fourth-order valence-electron chi connectivity index (χ4n) is 3.75. The highest BCUT2D eigenvalue weighted by molar-refractivity contribution is 8.07. The highest BCUT2D eigenvalue weighted by atomic mass is 35.5. The number of rotatable bonds is 6. The van der Waals surface area contributed by atoms with Crippen molar-refractivity contribution < 1.29 is 19.5 Å². The molecule has 34 heavy (non-hydrogen) atoms. The molecule has 1 unspecified atom stereocenters. The van der Waals surface area contributed by atoms with Gasteiger partial charge in [-0.2, -0.15) is 0 Å². The lowest BCUT2D eigenvalue weighted by Gasteiger charge is -2.49. The maximum Gasteiger partial charge on any atom is 0.353 e. The lowest BCUT2D eigenvalue weighted by molar-refractivity contribution is -0.150. The summed E-state index contributed by atoms with van der Waals surface area (Å²) in [5.74, 6) is -1.63. The largest absolute Gasteiger partial charge is 0.477 e. The number of nitrogens with zero attached hydrogens (tertiary/aromatic N) is 1. The number of benzene rings is 1. The number of hydrogen-bond acceptors (Lipinski definition) is 8. The second kappa shape index (κ2) is 9.38. The van der Waals surface area contributed by atoms with Gasteiger partial charge in [0.2, 0.25) is 5.91 Å². The van der Waals surface area contributed by atoms with Crippen molar-refractivity contribution in [3.63, 3.8) is 0 Å². The lowest BCUT2D eigenvalue weighted by atomic mass is 10.0. The molecule has 0 spiro atoms. The quantitative estimate of drug-likeness (QED) is 0.447. The standard InChI is InChI=1S/C22H15ClN2O5S4/c23-14-7-11-12(26)8-16(34-22(11)33-14)32-13-9-31-20-17(19(28)25(20)18(13)21(29)30)24-15(27)6-10-4-2-1-3-5-10/h1-5,7-8,17,20H,6,9H2,(H,24,27)(H,29,30)/t17?,20-/m0/s1. The maximum atomic E-state index is 12.9. The molecule has 0 bridgehead atoms. The number of fused-ring (bicyclic) bond motifs is 2. The van der Waals surface area contributed by atoms with Gasteiger partial charge in [0.15, 0.2) is 5.43 Å². The van der Waals surface area contributed by atoms with Gasteiger partial charge in [0, 0.05) is 16.7 Å². The summed E-state index contributed by atoms with van der Waals surface area (Å²) >= 11 is 11.3. The van der Waals surface area contributed by atoms with E-state index in [9.17, 15) is 24.3 Å². The summed E-state index contributed by atoms with van der Waals surface area (Å²) in [7, 11) is 0. The Balaban J connectivity index is 1.35. The lowest BCUT2D eigenvalue weighted by Crippen LogP contribution is -2.70. The number of carbonyl (C=O) groups is 3. The maximum absolute atomic E-state index is 12.9. The monoisotopic (exact) mass is 550 g/mol. The van der Waals surface area contributed by atoms with Crippen molar-refractivity contribution in [1.29, 1.82) is 0 Å². The Kier molecular flexibility index (Phi) is 6.47. The van der Waals surface area contributed by atoms with E-state index in [1.807, 2.05) is 30.3 Å². The third-order valence-corrected chi connectivity index (χ3v) is 10.4. The van der Waals surface area contributed by atoms with Crippen LogP contribution in [0.3, 0.4) is 0 Å². The average Bonchev–Trinajstić information content (AvgIpc) is 3.18. The zero-order chi connectivity index (χ0) is 24.0. The molecule has 2 amide bonds. The molecular weight excluding hydrogens is 536 g/mol. The fourth-order valence-corrected chi connectivity index (χ4v) is 9.37. The topological polar surface area (TPSA) is 104 Å². The first-order valence-electron chi connectivity index (χ1n) is 9.97. The second-order valence-corrected chi connectivity index (χ2v) is 13.0. The van der Waals surface area contributed by atoms with Gasteiger partial charge >= 0.3 is 5.97 Å². The van der Waals surface area contributed by atoms with Crippen molar-refractivity contribution in [3.8, 4) is 0 Å². The molecule has 0 radical (unpaired) electrons. The van der Waals surface area contributed by atoms with E-state index >= 15 is 0 Å². The molecule has 1 fully saturated rings. The van der Waals surface area contributed by atoms with E-state index in [1.54, 1.807) is 6.07 Å². The second-order valence-electron chi connectivity index (χ2n) is 7.48. The first kappa shape index (κ1) is 23.4. The Bertz CT molecular complexity index is 1420. The Hall–Kier alpha value is -2.31. The number of β-lactam (4-membered cyclic amide) rings is 1. The molecule has 1 saturated heterocycles. The molecule has 12 heteroatoms. The molecule has 1 aromatic carbocycles. The number of halogens is 1. The summed E-state index contributed by atoms with van der Waals surface area (Å²) in [6.45, 7) is 0. The first-order valence-corrected chi connectivity index (χ1v) is 13.8. The summed E-state index contributed by atoms with van der Waals surface area (Å²) in [5.41, 5.74) is 0.545. The van der Waals surface area contributed by atoms with E-state index in [0.29, 0.717) is 24.6 Å². The van der Waals surface area contributed by atoms with E-state index in [-0.39, 0.29) is 23.5 Å². The van der Waals surface area contributed by atoms with Crippen LogP contribution in [0.2, 0.25) is 4.34 Å². The van der Waals surface area contributed by atoms with Crippen LogP contribution in [0.4, 0.5) is 0 Å². The van der Waals surface area contributed by atoms with Crippen LogP contribution >= 0.6 is 57.8 Å². The van der Waals surface area contributed by atoms with Crippen LogP contribution in [0.25, 0.3) is 9.40 Å². The van der Waals surface area contributed by atoms with Gasteiger partial charge in [-0.3, -0.25) is 19.3 Å². The number of nitrogens with one attached hydrogen (secondary N) is 1. The van der Waals surface area contributed by atoms with Gasteiger partial charge in [-0.05, 0) is 11.6 Å². The van der Waals surface area contributed by atoms with Crippen molar-refractivity contribution in [2.45, 2.75) is 22.0 Å². The number of amides is 2. The molecular formula is C22H15ClN2O5S4. The number of carboxylic acids is 1. The summed E-state index contributed by atoms with van der Waals surface area (Å²) < 4.78 is 1.91. The molecule has 2 N–H and O–H groups in total. The zero-order valence-electron chi connectivity index (χ0n) is 17.1. The van der Waals surface area contributed by atoms with Crippen molar-refractivity contribution in [2.75, 3.05) is 5.75 Å². The molecule has 3 aromatic rings. The number of thiophene rings is 1. The molecule has 5 rings (SSSR count). The average molecular weight is 551 g/mol. The minimum atomic E-state index is -1.22. The Morgan fingerprint density at radius 3 is 2.68 bits per heavy atom. The van der Waals surface area contributed by atoms with E-state index in [2.05, 4.69) is 5.32 Å². The molecule has 0 saturated carbocycles. The van der Waals surface area contributed by atoms with E-state index in [1.165, 1.54) is 57.2 Å². The van der Waals surface area contributed by atoms with Crippen molar-refractivity contribution in [2.24, 2.45) is 0 Å². The number of carboxylic acid groups (broad SMARTS) is 1. The number of thioether (sulfide) groups is 2. The Labute approximate surface area is 214 Å². The third kappa shape index (κ3) is 4.38. The Morgan fingerprint density at radius 1 is 1.18 bits per heavy atom. The van der Waals surface area contributed by atoms with Crippen molar-refractivity contribution >= 4 is 85.0 Å². The van der Waals surface area contributed by atoms with Gasteiger partial charge in [-0.15, -0.1) is 34.4 Å². The minimum absolute atomic E-state index is 0.101. The van der Waals surface area contributed by atoms with Gasteiger partial charge in [-0.1, -0.05) is 53.7 Å². The first-order chi connectivity index (χ1) is 16.3. The summed E-state index contributed by atoms with van der Waals surface area (Å²) in [6.07, 6.45) is 0.138. The summed E-state index contributed by atoms with van der Waals surface area (Å²) in [5, 5.41) is 12.7. The smallest absolute Gasteiger partial charge is 0.353 e. The SMILES string of the molecule is O=C(Cc1ccccc1)NC1C(=O)N2C(C(=O)O)=C(Sc3cc(=O)c4cc(Cl)sc4s3)CS[C@@H]12. The zero-order valence-corrected chi connectivity index (χ0v) is 21.2. The molecule has 2 aromatic heterocycles. The van der Waals surface area contributed by atoms with Crippen LogP contribution in [-0.4, -0.2) is 45.0 Å². The summed E-state index contributed by atoms with van der Waals surface area (Å²) in [6, 6.07) is 11.5. The van der Waals surface area contributed by atoms with E-state index in [0.717, 1.165) is 9.58 Å².